The van der Waals surface area contributed by atoms with Crippen molar-refractivity contribution in [1.29, 1.82) is 0 Å². The van der Waals surface area contributed by atoms with Crippen LogP contribution in [0.4, 0.5) is 4.39 Å². The molecular formula is C17H16ClFN6O2. The Morgan fingerprint density at radius 1 is 1.41 bits per heavy atom. The lowest BCUT2D eigenvalue weighted by atomic mass is 10.0. The average molecular weight is 391 g/mol. The topological polar surface area (TPSA) is 89.9 Å². The van der Waals surface area contributed by atoms with Crippen LogP contribution in [0.2, 0.25) is 5.02 Å². The van der Waals surface area contributed by atoms with Crippen LogP contribution >= 0.6 is 11.6 Å². The second-order valence-corrected chi connectivity index (χ2v) is 6.81. The molecule has 8 nitrogen and oxygen atoms in total. The van der Waals surface area contributed by atoms with Crippen LogP contribution in [0.5, 0.6) is 0 Å². The van der Waals surface area contributed by atoms with Gasteiger partial charge in [-0.3, -0.25) is 4.79 Å². The molecule has 3 heterocycles. The Hall–Kier alpha value is -2.81. The van der Waals surface area contributed by atoms with Gasteiger partial charge in [-0.15, -0.1) is 5.10 Å². The predicted octanol–water partition coefficient (Wildman–Crippen LogP) is 2.91. The molecule has 2 aromatic heterocycles. The zero-order valence-electron chi connectivity index (χ0n) is 14.5. The minimum Gasteiger partial charge on any atom is -0.337 e. The number of carbonyl (C=O) groups excluding carboxylic acids is 1. The first-order valence-electron chi connectivity index (χ1n) is 8.48. The molecule has 1 saturated heterocycles. The highest BCUT2D eigenvalue weighted by Gasteiger charge is 2.27. The van der Waals surface area contributed by atoms with E-state index in [2.05, 4.69) is 20.5 Å². The molecule has 0 N–H and O–H groups in total. The number of nitrogens with zero attached hydrogens (tertiary/aromatic N) is 6. The molecule has 1 aromatic carbocycles. The van der Waals surface area contributed by atoms with Crippen LogP contribution in [0.15, 0.2) is 28.9 Å². The van der Waals surface area contributed by atoms with Gasteiger partial charge in [0.25, 0.3) is 11.8 Å². The summed E-state index contributed by atoms with van der Waals surface area (Å²) in [4.78, 5) is 18.6. The molecule has 1 unspecified atom stereocenters. The van der Waals surface area contributed by atoms with Crippen molar-refractivity contribution in [2.24, 2.45) is 0 Å². The van der Waals surface area contributed by atoms with Gasteiger partial charge >= 0.3 is 0 Å². The molecule has 27 heavy (non-hydrogen) atoms. The second-order valence-electron chi connectivity index (χ2n) is 6.41. The summed E-state index contributed by atoms with van der Waals surface area (Å²) in [6.45, 7) is 2.82. The van der Waals surface area contributed by atoms with Crippen LogP contribution in [0.25, 0.3) is 11.6 Å². The van der Waals surface area contributed by atoms with Crippen LogP contribution in [-0.4, -0.2) is 49.0 Å². The third-order valence-corrected chi connectivity index (χ3v) is 4.77. The summed E-state index contributed by atoms with van der Waals surface area (Å²) in [5.41, 5.74) is 0.854. The fourth-order valence-electron chi connectivity index (χ4n) is 3.12. The number of piperidine rings is 1. The Morgan fingerprint density at radius 3 is 3.00 bits per heavy atom. The summed E-state index contributed by atoms with van der Waals surface area (Å²) in [7, 11) is 0. The highest BCUT2D eigenvalue weighted by atomic mass is 35.5. The fourth-order valence-corrected chi connectivity index (χ4v) is 3.30. The molecule has 0 radical (unpaired) electrons. The van der Waals surface area contributed by atoms with Gasteiger partial charge in [0.15, 0.2) is 11.5 Å². The molecule has 4 rings (SSSR count). The second kappa shape index (κ2) is 7.07. The number of halogens is 2. The van der Waals surface area contributed by atoms with E-state index in [0.29, 0.717) is 36.1 Å². The zero-order chi connectivity index (χ0) is 19.0. The minimum absolute atomic E-state index is 0.0242. The molecule has 0 saturated carbocycles. The van der Waals surface area contributed by atoms with Gasteiger partial charge in [0.2, 0.25) is 0 Å². The maximum absolute atomic E-state index is 13.3. The monoisotopic (exact) mass is 390 g/mol. The third kappa shape index (κ3) is 3.55. The number of carbonyl (C=O) groups is 1. The molecule has 1 amide bonds. The van der Waals surface area contributed by atoms with Gasteiger partial charge in [-0.25, -0.2) is 9.07 Å². The Labute approximate surface area is 158 Å². The molecule has 140 valence electrons. The van der Waals surface area contributed by atoms with Crippen molar-refractivity contribution in [3.05, 3.63) is 46.6 Å². The molecule has 0 bridgehead atoms. The largest absolute Gasteiger partial charge is 0.337 e. The van der Waals surface area contributed by atoms with Crippen molar-refractivity contribution in [3.8, 4) is 11.6 Å². The number of hydrogen-bond acceptors (Lipinski definition) is 6. The van der Waals surface area contributed by atoms with Gasteiger partial charge in [-0.1, -0.05) is 22.0 Å². The molecular weight excluding hydrogens is 375 g/mol. The highest BCUT2D eigenvalue weighted by molar-refractivity contribution is 6.31. The van der Waals surface area contributed by atoms with E-state index in [9.17, 15) is 9.18 Å². The first-order valence-corrected chi connectivity index (χ1v) is 8.86. The van der Waals surface area contributed by atoms with Crippen LogP contribution in [0.1, 0.15) is 35.1 Å². The van der Waals surface area contributed by atoms with E-state index in [-0.39, 0.29) is 17.0 Å². The van der Waals surface area contributed by atoms with Gasteiger partial charge in [0.1, 0.15) is 5.82 Å². The van der Waals surface area contributed by atoms with E-state index in [1.54, 1.807) is 22.7 Å². The lowest BCUT2D eigenvalue weighted by molar-refractivity contribution is 0.0672. The zero-order valence-corrected chi connectivity index (χ0v) is 15.2. The van der Waals surface area contributed by atoms with Crippen LogP contribution < -0.4 is 0 Å². The molecule has 10 heteroatoms. The maximum atomic E-state index is 13.3. The van der Waals surface area contributed by atoms with Crippen LogP contribution in [-0.2, 0) is 0 Å². The SMILES string of the molecule is Cc1noc(-c2cn(C3CCCN(C(=O)c4ccc(F)c(Cl)c4)C3)nn2)n1. The van der Waals surface area contributed by atoms with Gasteiger partial charge < -0.3 is 9.42 Å². The van der Waals surface area contributed by atoms with Crippen LogP contribution in [0, 0.1) is 12.7 Å². The fraction of sp³-hybridized carbons (Fsp3) is 0.353. The van der Waals surface area contributed by atoms with Crippen molar-refractivity contribution >= 4 is 17.5 Å². The molecule has 3 aromatic rings. The highest BCUT2D eigenvalue weighted by Crippen LogP contribution is 2.25. The van der Waals surface area contributed by atoms with E-state index in [1.165, 1.54) is 18.2 Å². The standard InChI is InChI=1S/C17H16ClFN6O2/c1-10-20-16(27-22-10)15-9-25(23-21-15)12-3-2-6-24(8-12)17(26)11-4-5-14(19)13(18)7-11/h4-5,7,9,12H,2-3,6,8H2,1H3. The summed E-state index contributed by atoms with van der Waals surface area (Å²) >= 11 is 5.80. The number of aryl methyl sites for hydroxylation is 1. The lowest BCUT2D eigenvalue weighted by Crippen LogP contribution is -2.40. The molecule has 0 aliphatic carbocycles. The quantitative estimate of drug-likeness (QED) is 0.683. The Balaban J connectivity index is 1.50. The lowest BCUT2D eigenvalue weighted by Gasteiger charge is -2.32. The van der Waals surface area contributed by atoms with E-state index in [0.717, 1.165) is 12.8 Å². The Kier molecular flexibility index (Phi) is 4.61. The van der Waals surface area contributed by atoms with Gasteiger partial charge in [0, 0.05) is 18.7 Å². The molecule has 1 atom stereocenters. The Bertz CT molecular complexity index is 987. The summed E-state index contributed by atoms with van der Waals surface area (Å²) in [6.07, 6.45) is 3.42. The van der Waals surface area contributed by atoms with Crippen molar-refractivity contribution in [2.75, 3.05) is 13.1 Å². The summed E-state index contributed by atoms with van der Waals surface area (Å²) < 4.78 is 20.2. The summed E-state index contributed by atoms with van der Waals surface area (Å²) in [5.74, 6) is 0.0982. The van der Waals surface area contributed by atoms with Gasteiger partial charge in [0.05, 0.1) is 17.3 Å². The van der Waals surface area contributed by atoms with Crippen molar-refractivity contribution in [2.45, 2.75) is 25.8 Å². The number of amides is 1. The van der Waals surface area contributed by atoms with Gasteiger partial charge in [-0.2, -0.15) is 4.98 Å². The average Bonchev–Trinajstić information content (AvgIpc) is 3.32. The van der Waals surface area contributed by atoms with E-state index >= 15 is 0 Å². The number of likely N-dealkylation sites (tertiary alicyclic amines) is 1. The Morgan fingerprint density at radius 2 is 2.26 bits per heavy atom. The predicted molar refractivity (Wildman–Crippen MR) is 93.6 cm³/mol. The van der Waals surface area contributed by atoms with E-state index in [4.69, 9.17) is 16.1 Å². The smallest absolute Gasteiger partial charge is 0.280 e. The van der Waals surface area contributed by atoms with Gasteiger partial charge in [-0.05, 0) is 38.0 Å². The molecule has 1 aliphatic heterocycles. The minimum atomic E-state index is -0.545. The normalized spacial score (nSPS) is 17.3. The van der Waals surface area contributed by atoms with E-state index in [1.807, 2.05) is 0 Å². The number of hydrogen-bond donors (Lipinski definition) is 0. The number of rotatable bonds is 3. The van der Waals surface area contributed by atoms with Crippen molar-refractivity contribution < 1.29 is 13.7 Å². The van der Waals surface area contributed by atoms with Crippen molar-refractivity contribution in [1.82, 2.24) is 30.0 Å². The summed E-state index contributed by atoms with van der Waals surface area (Å²) in [6, 6.07) is 3.98. The molecule has 0 spiro atoms. The number of aromatic nitrogens is 5. The van der Waals surface area contributed by atoms with Crippen molar-refractivity contribution in [3.63, 3.8) is 0 Å². The number of benzene rings is 1. The van der Waals surface area contributed by atoms with Crippen LogP contribution in [0.3, 0.4) is 0 Å². The summed E-state index contributed by atoms with van der Waals surface area (Å²) in [5, 5.41) is 11.9. The molecule has 1 fully saturated rings. The maximum Gasteiger partial charge on any atom is 0.280 e. The first-order chi connectivity index (χ1) is 13.0. The molecule has 1 aliphatic rings. The first kappa shape index (κ1) is 17.6. The van der Waals surface area contributed by atoms with E-state index < -0.39 is 5.82 Å². The third-order valence-electron chi connectivity index (χ3n) is 4.48.